The molecular weight excluding hydrogens is 382 g/mol. The maximum Gasteiger partial charge on any atom is 0.266 e. The van der Waals surface area contributed by atoms with Crippen molar-refractivity contribution in [1.82, 2.24) is 4.57 Å². The molecule has 0 atom stereocenters. The maximum atomic E-state index is 12.6. The summed E-state index contributed by atoms with van der Waals surface area (Å²) in [5.41, 5.74) is 6.45. The average molecular weight is 404 g/mol. The number of aryl methyl sites for hydroxylation is 2. The minimum Gasteiger partial charge on any atom is -0.321 e. The van der Waals surface area contributed by atoms with Crippen LogP contribution in [0.4, 0.5) is 5.69 Å². The Kier molecular flexibility index (Phi) is 5.91. The van der Waals surface area contributed by atoms with Gasteiger partial charge in [-0.1, -0.05) is 29.8 Å². The molecule has 0 fully saturated rings. The maximum absolute atomic E-state index is 12.6. The predicted octanol–water partition coefficient (Wildman–Crippen LogP) is 5.91. The molecule has 0 aliphatic carbocycles. The third-order valence-corrected chi connectivity index (χ3v) is 5.30. The lowest BCUT2D eigenvalue weighted by Gasteiger charge is -2.13. The van der Waals surface area contributed by atoms with Crippen LogP contribution in [0.15, 0.2) is 54.1 Å². The second-order valence-corrected chi connectivity index (χ2v) is 7.45. The summed E-state index contributed by atoms with van der Waals surface area (Å²) >= 11 is 6.29. The average Bonchev–Trinajstić information content (AvgIpc) is 2.95. The number of anilines is 1. The first-order chi connectivity index (χ1) is 13.8. The lowest BCUT2D eigenvalue weighted by atomic mass is 10.1. The fourth-order valence-corrected chi connectivity index (χ4v) is 3.54. The number of carbonyl (C=O) groups is 1. The molecule has 1 N–H and O–H groups in total. The van der Waals surface area contributed by atoms with Crippen molar-refractivity contribution in [3.63, 3.8) is 0 Å². The number of aromatic nitrogens is 1. The second kappa shape index (κ2) is 8.38. The van der Waals surface area contributed by atoms with Crippen LogP contribution in [-0.2, 0) is 4.79 Å². The molecule has 5 heteroatoms. The summed E-state index contributed by atoms with van der Waals surface area (Å²) < 4.78 is 2.08. The highest BCUT2D eigenvalue weighted by atomic mass is 35.5. The van der Waals surface area contributed by atoms with Crippen molar-refractivity contribution >= 4 is 29.3 Å². The third-order valence-electron chi connectivity index (χ3n) is 4.89. The topological polar surface area (TPSA) is 57.8 Å². The number of nitriles is 1. The number of rotatable bonds is 4. The van der Waals surface area contributed by atoms with Crippen LogP contribution in [0.5, 0.6) is 0 Å². The van der Waals surface area contributed by atoms with Crippen molar-refractivity contribution in [2.24, 2.45) is 0 Å². The van der Waals surface area contributed by atoms with Crippen molar-refractivity contribution in [2.45, 2.75) is 27.7 Å². The van der Waals surface area contributed by atoms with Crippen LogP contribution in [0.1, 0.15) is 28.1 Å². The summed E-state index contributed by atoms with van der Waals surface area (Å²) in [7, 11) is 0. The van der Waals surface area contributed by atoms with Crippen LogP contribution in [0.3, 0.4) is 0 Å². The zero-order valence-electron chi connectivity index (χ0n) is 16.9. The van der Waals surface area contributed by atoms with Gasteiger partial charge in [-0.3, -0.25) is 4.79 Å². The Hall–Kier alpha value is -3.29. The Bertz CT molecular complexity index is 1170. The molecule has 146 valence electrons. The normalized spacial score (nSPS) is 11.2. The van der Waals surface area contributed by atoms with E-state index in [-0.39, 0.29) is 5.57 Å². The highest BCUT2D eigenvalue weighted by Gasteiger charge is 2.15. The number of hydrogen-bond donors (Lipinski definition) is 1. The van der Waals surface area contributed by atoms with Gasteiger partial charge >= 0.3 is 0 Å². The van der Waals surface area contributed by atoms with Gasteiger partial charge in [-0.05, 0) is 80.8 Å². The molecule has 0 bridgehead atoms. The largest absolute Gasteiger partial charge is 0.321 e. The molecule has 4 nitrogen and oxygen atoms in total. The van der Waals surface area contributed by atoms with Crippen LogP contribution in [-0.4, -0.2) is 10.5 Å². The van der Waals surface area contributed by atoms with E-state index in [1.807, 2.05) is 76.2 Å². The summed E-state index contributed by atoms with van der Waals surface area (Å²) in [6.45, 7) is 7.88. The number of halogens is 1. The SMILES string of the molecule is Cc1cccc(NC(=O)/C(C#N)=C\c2cc(C)n(-c3cccc(Cl)c3C)c2C)c1. The zero-order valence-corrected chi connectivity index (χ0v) is 17.6. The number of carbonyl (C=O) groups excluding carboxylic acids is 1. The highest BCUT2D eigenvalue weighted by Crippen LogP contribution is 2.28. The van der Waals surface area contributed by atoms with Gasteiger partial charge in [0.2, 0.25) is 0 Å². The van der Waals surface area contributed by atoms with Gasteiger partial charge < -0.3 is 9.88 Å². The standard InChI is InChI=1S/C24H22ClN3O/c1-15-7-5-8-21(11-15)27-24(29)20(14-26)13-19-12-16(2)28(18(19)4)23-10-6-9-22(25)17(23)3/h5-13H,1-4H3,(H,27,29)/b20-13-. The molecule has 0 saturated heterocycles. The fraction of sp³-hybridized carbons (Fsp3) is 0.167. The molecule has 0 unspecified atom stereocenters. The number of benzene rings is 2. The van der Waals surface area contributed by atoms with E-state index < -0.39 is 5.91 Å². The van der Waals surface area contributed by atoms with Gasteiger partial charge in [-0.25, -0.2) is 0 Å². The van der Waals surface area contributed by atoms with Gasteiger partial charge in [-0.2, -0.15) is 5.26 Å². The second-order valence-electron chi connectivity index (χ2n) is 7.04. The van der Waals surface area contributed by atoms with E-state index in [0.717, 1.165) is 33.8 Å². The van der Waals surface area contributed by atoms with E-state index in [2.05, 4.69) is 9.88 Å². The molecule has 29 heavy (non-hydrogen) atoms. The molecular formula is C24H22ClN3O. The molecule has 0 aliphatic rings. The van der Waals surface area contributed by atoms with Gasteiger partial charge in [0, 0.05) is 27.8 Å². The third kappa shape index (κ3) is 4.26. The number of hydrogen-bond acceptors (Lipinski definition) is 2. The molecule has 1 amide bonds. The molecule has 0 spiro atoms. The Morgan fingerprint density at radius 2 is 1.83 bits per heavy atom. The molecule has 3 aromatic rings. The van der Waals surface area contributed by atoms with E-state index in [1.165, 1.54) is 0 Å². The van der Waals surface area contributed by atoms with Crippen LogP contribution < -0.4 is 5.32 Å². The minimum atomic E-state index is -0.429. The monoisotopic (exact) mass is 403 g/mol. The van der Waals surface area contributed by atoms with E-state index in [4.69, 9.17) is 11.6 Å². The van der Waals surface area contributed by atoms with Gasteiger partial charge in [0.1, 0.15) is 11.6 Å². The first-order valence-corrected chi connectivity index (χ1v) is 9.64. The quantitative estimate of drug-likeness (QED) is 0.434. The molecule has 2 aromatic carbocycles. The Labute approximate surface area is 176 Å². The number of amides is 1. The van der Waals surface area contributed by atoms with Crippen molar-refractivity contribution < 1.29 is 4.79 Å². The van der Waals surface area contributed by atoms with Crippen molar-refractivity contribution in [3.8, 4) is 11.8 Å². The predicted molar refractivity (Wildman–Crippen MR) is 118 cm³/mol. The first-order valence-electron chi connectivity index (χ1n) is 9.26. The zero-order chi connectivity index (χ0) is 21.1. The Morgan fingerprint density at radius 1 is 1.10 bits per heavy atom. The smallest absolute Gasteiger partial charge is 0.266 e. The number of nitrogens with zero attached hydrogens (tertiary/aromatic N) is 2. The summed E-state index contributed by atoms with van der Waals surface area (Å²) in [6, 6.07) is 17.2. The van der Waals surface area contributed by atoms with Gasteiger partial charge in [0.05, 0.1) is 0 Å². The molecule has 0 radical (unpaired) electrons. The van der Waals surface area contributed by atoms with Gasteiger partial charge in [-0.15, -0.1) is 0 Å². The van der Waals surface area contributed by atoms with Crippen molar-refractivity contribution in [2.75, 3.05) is 5.32 Å². The lowest BCUT2D eigenvalue weighted by molar-refractivity contribution is -0.112. The van der Waals surface area contributed by atoms with Crippen LogP contribution >= 0.6 is 11.6 Å². The molecule has 1 aromatic heterocycles. The molecule has 0 saturated carbocycles. The van der Waals surface area contributed by atoms with Crippen LogP contribution in [0.25, 0.3) is 11.8 Å². The number of nitrogens with one attached hydrogen (secondary N) is 1. The molecule has 0 aliphatic heterocycles. The van der Waals surface area contributed by atoms with E-state index in [1.54, 1.807) is 12.1 Å². The Balaban J connectivity index is 1.98. The molecule has 3 rings (SSSR count). The van der Waals surface area contributed by atoms with Crippen molar-refractivity contribution in [3.05, 3.63) is 87.2 Å². The fourth-order valence-electron chi connectivity index (χ4n) is 3.37. The highest BCUT2D eigenvalue weighted by molar-refractivity contribution is 6.31. The van der Waals surface area contributed by atoms with Crippen molar-refractivity contribution in [1.29, 1.82) is 5.26 Å². The van der Waals surface area contributed by atoms with Gasteiger partial charge in [0.15, 0.2) is 0 Å². The summed E-state index contributed by atoms with van der Waals surface area (Å²) in [4.78, 5) is 12.6. The first kappa shape index (κ1) is 20.4. The van der Waals surface area contributed by atoms with Gasteiger partial charge in [0.25, 0.3) is 5.91 Å². The summed E-state index contributed by atoms with van der Waals surface area (Å²) in [5, 5.41) is 13.0. The van der Waals surface area contributed by atoms with E-state index in [9.17, 15) is 10.1 Å². The minimum absolute atomic E-state index is 0.0505. The van der Waals surface area contributed by atoms with Crippen LogP contribution in [0, 0.1) is 39.0 Å². The van der Waals surface area contributed by atoms with E-state index in [0.29, 0.717) is 10.7 Å². The summed E-state index contributed by atoms with van der Waals surface area (Å²) in [6.07, 6.45) is 1.63. The molecule has 1 heterocycles. The summed E-state index contributed by atoms with van der Waals surface area (Å²) in [5.74, 6) is -0.429. The Morgan fingerprint density at radius 3 is 2.52 bits per heavy atom. The van der Waals surface area contributed by atoms with Crippen LogP contribution in [0.2, 0.25) is 5.02 Å². The lowest BCUT2D eigenvalue weighted by Crippen LogP contribution is -2.13. The van der Waals surface area contributed by atoms with E-state index >= 15 is 0 Å².